The van der Waals surface area contributed by atoms with Crippen molar-refractivity contribution < 1.29 is 9.53 Å². The molecule has 0 spiro atoms. The average molecular weight is 480 g/mol. The number of rotatable bonds is 7. The van der Waals surface area contributed by atoms with Gasteiger partial charge in [0.15, 0.2) is 0 Å². The SMILES string of the molecule is CCOc1ccc(-c2cc(N3CCN(C(=O)c4ccccc4Nc4ccccc4)CC3)ncn2)cc1. The summed E-state index contributed by atoms with van der Waals surface area (Å²) >= 11 is 0. The van der Waals surface area contributed by atoms with E-state index in [4.69, 9.17) is 4.74 Å². The summed E-state index contributed by atoms with van der Waals surface area (Å²) in [7, 11) is 0. The second-order valence-electron chi connectivity index (χ2n) is 8.53. The van der Waals surface area contributed by atoms with Crippen molar-refractivity contribution in [1.82, 2.24) is 14.9 Å². The lowest BCUT2D eigenvalue weighted by atomic mass is 10.1. The Morgan fingerprint density at radius 1 is 0.889 bits per heavy atom. The molecule has 0 aliphatic carbocycles. The fraction of sp³-hybridized carbons (Fsp3) is 0.207. The molecule has 1 aliphatic rings. The topological polar surface area (TPSA) is 70.6 Å². The number of hydrogen-bond acceptors (Lipinski definition) is 6. The molecule has 0 bridgehead atoms. The maximum absolute atomic E-state index is 13.4. The minimum Gasteiger partial charge on any atom is -0.494 e. The molecule has 2 heterocycles. The first-order valence-electron chi connectivity index (χ1n) is 12.2. The second-order valence-corrected chi connectivity index (χ2v) is 8.53. The Hall–Kier alpha value is -4.39. The highest BCUT2D eigenvalue weighted by atomic mass is 16.5. The van der Waals surface area contributed by atoms with Crippen LogP contribution in [0.1, 0.15) is 17.3 Å². The van der Waals surface area contributed by atoms with E-state index in [1.807, 2.05) is 96.8 Å². The van der Waals surface area contributed by atoms with Crippen LogP contribution in [0.25, 0.3) is 11.3 Å². The third-order valence-corrected chi connectivity index (χ3v) is 6.21. The van der Waals surface area contributed by atoms with Crippen LogP contribution < -0.4 is 15.0 Å². The van der Waals surface area contributed by atoms with E-state index in [2.05, 4.69) is 20.2 Å². The van der Waals surface area contributed by atoms with Crippen molar-refractivity contribution in [3.63, 3.8) is 0 Å². The highest BCUT2D eigenvalue weighted by molar-refractivity contribution is 6.00. The van der Waals surface area contributed by atoms with Crippen LogP contribution in [0.5, 0.6) is 5.75 Å². The number of nitrogens with zero attached hydrogens (tertiary/aromatic N) is 4. The van der Waals surface area contributed by atoms with Crippen molar-refractivity contribution in [1.29, 1.82) is 0 Å². The van der Waals surface area contributed by atoms with Crippen LogP contribution in [-0.2, 0) is 0 Å². The number of aromatic nitrogens is 2. The number of piperazine rings is 1. The summed E-state index contributed by atoms with van der Waals surface area (Å²) in [5.74, 6) is 1.75. The normalized spacial score (nSPS) is 13.4. The van der Waals surface area contributed by atoms with Gasteiger partial charge in [0.05, 0.1) is 23.6 Å². The Morgan fingerprint density at radius 2 is 1.61 bits per heavy atom. The smallest absolute Gasteiger partial charge is 0.256 e. The summed E-state index contributed by atoms with van der Waals surface area (Å²) in [6.45, 7) is 5.28. The van der Waals surface area contributed by atoms with Crippen molar-refractivity contribution in [2.75, 3.05) is 43.0 Å². The molecule has 7 nitrogen and oxygen atoms in total. The minimum absolute atomic E-state index is 0.0337. The predicted octanol–water partition coefficient (Wildman–Crippen LogP) is 5.25. The molecule has 4 aromatic rings. The molecule has 182 valence electrons. The highest BCUT2D eigenvalue weighted by Crippen LogP contribution is 2.26. The van der Waals surface area contributed by atoms with Gasteiger partial charge in [-0.25, -0.2) is 9.97 Å². The van der Waals surface area contributed by atoms with Crippen LogP contribution in [0.4, 0.5) is 17.2 Å². The van der Waals surface area contributed by atoms with Gasteiger partial charge in [0.1, 0.15) is 17.9 Å². The number of benzene rings is 3. The molecule has 1 fully saturated rings. The summed E-state index contributed by atoms with van der Waals surface area (Å²) < 4.78 is 5.54. The number of carbonyl (C=O) groups is 1. The number of amides is 1. The third kappa shape index (κ3) is 5.30. The molecular formula is C29H29N5O2. The van der Waals surface area contributed by atoms with Crippen molar-refractivity contribution in [2.24, 2.45) is 0 Å². The van der Waals surface area contributed by atoms with Gasteiger partial charge in [0.2, 0.25) is 0 Å². The Balaban J connectivity index is 1.25. The molecule has 7 heteroatoms. The molecule has 1 saturated heterocycles. The molecule has 5 rings (SSSR count). The highest BCUT2D eigenvalue weighted by Gasteiger charge is 2.24. The quantitative estimate of drug-likeness (QED) is 0.391. The molecule has 0 atom stereocenters. The Morgan fingerprint density at radius 3 is 2.36 bits per heavy atom. The van der Waals surface area contributed by atoms with Gasteiger partial charge >= 0.3 is 0 Å². The van der Waals surface area contributed by atoms with Gasteiger partial charge in [-0.1, -0.05) is 30.3 Å². The summed E-state index contributed by atoms with van der Waals surface area (Å²) in [4.78, 5) is 26.5. The fourth-order valence-corrected chi connectivity index (χ4v) is 4.33. The van der Waals surface area contributed by atoms with Gasteiger partial charge in [-0.05, 0) is 55.5 Å². The zero-order valence-corrected chi connectivity index (χ0v) is 20.3. The molecule has 1 amide bonds. The number of para-hydroxylation sites is 2. The van der Waals surface area contributed by atoms with E-state index in [9.17, 15) is 4.79 Å². The molecule has 36 heavy (non-hydrogen) atoms. The maximum atomic E-state index is 13.4. The zero-order valence-electron chi connectivity index (χ0n) is 20.3. The maximum Gasteiger partial charge on any atom is 0.256 e. The van der Waals surface area contributed by atoms with Crippen molar-refractivity contribution in [3.8, 4) is 17.0 Å². The number of ether oxygens (including phenoxy) is 1. The van der Waals surface area contributed by atoms with Crippen LogP contribution in [0, 0.1) is 0 Å². The molecule has 0 unspecified atom stereocenters. The van der Waals surface area contributed by atoms with E-state index < -0.39 is 0 Å². The predicted molar refractivity (Wildman–Crippen MR) is 143 cm³/mol. The molecule has 1 aliphatic heterocycles. The van der Waals surface area contributed by atoms with Crippen LogP contribution in [0.3, 0.4) is 0 Å². The van der Waals surface area contributed by atoms with E-state index in [1.165, 1.54) is 0 Å². The Bertz CT molecular complexity index is 1300. The first-order chi connectivity index (χ1) is 17.7. The summed E-state index contributed by atoms with van der Waals surface area (Å²) in [5.41, 5.74) is 4.32. The largest absolute Gasteiger partial charge is 0.494 e. The number of anilines is 3. The van der Waals surface area contributed by atoms with E-state index >= 15 is 0 Å². The van der Waals surface area contributed by atoms with E-state index in [-0.39, 0.29) is 5.91 Å². The Labute approximate surface area is 211 Å². The van der Waals surface area contributed by atoms with Crippen molar-refractivity contribution in [2.45, 2.75) is 6.92 Å². The van der Waals surface area contributed by atoms with Gasteiger partial charge < -0.3 is 19.9 Å². The van der Waals surface area contributed by atoms with Crippen LogP contribution in [0.2, 0.25) is 0 Å². The van der Waals surface area contributed by atoms with Gasteiger partial charge in [-0.3, -0.25) is 4.79 Å². The van der Waals surface area contributed by atoms with E-state index in [0.717, 1.165) is 34.2 Å². The number of carbonyl (C=O) groups excluding carboxylic acids is 1. The number of nitrogens with one attached hydrogen (secondary N) is 1. The molecule has 1 N–H and O–H groups in total. The zero-order chi connectivity index (χ0) is 24.7. The summed E-state index contributed by atoms with van der Waals surface area (Å²) in [5, 5.41) is 3.38. The number of hydrogen-bond donors (Lipinski definition) is 1. The molecule has 3 aromatic carbocycles. The van der Waals surface area contributed by atoms with E-state index in [1.54, 1.807) is 6.33 Å². The minimum atomic E-state index is 0.0337. The molecular weight excluding hydrogens is 450 g/mol. The lowest BCUT2D eigenvalue weighted by Gasteiger charge is -2.35. The third-order valence-electron chi connectivity index (χ3n) is 6.21. The van der Waals surface area contributed by atoms with E-state index in [0.29, 0.717) is 38.3 Å². The molecule has 0 radical (unpaired) electrons. The standard InChI is InChI=1S/C29H29N5O2/c1-2-36-24-14-12-22(13-15-24)27-20-28(31-21-30-27)33-16-18-34(19-17-33)29(35)25-10-6-7-11-26(25)32-23-8-4-3-5-9-23/h3-15,20-21,32H,2,16-19H2,1H3. The van der Waals surface area contributed by atoms with Crippen molar-refractivity contribution >= 4 is 23.1 Å². The fourth-order valence-electron chi connectivity index (χ4n) is 4.33. The lowest BCUT2D eigenvalue weighted by molar-refractivity contribution is 0.0747. The van der Waals surface area contributed by atoms with Gasteiger partial charge in [-0.2, -0.15) is 0 Å². The summed E-state index contributed by atoms with van der Waals surface area (Å²) in [6, 6.07) is 27.5. The molecule has 0 saturated carbocycles. The van der Waals surface area contributed by atoms with Crippen molar-refractivity contribution in [3.05, 3.63) is 96.8 Å². The Kier molecular flexibility index (Phi) is 7.07. The average Bonchev–Trinajstić information content (AvgIpc) is 2.94. The molecule has 1 aromatic heterocycles. The van der Waals surface area contributed by atoms with Crippen LogP contribution >= 0.6 is 0 Å². The summed E-state index contributed by atoms with van der Waals surface area (Å²) in [6.07, 6.45) is 1.60. The first-order valence-corrected chi connectivity index (χ1v) is 12.2. The van der Waals surface area contributed by atoms with Crippen LogP contribution in [-0.4, -0.2) is 53.6 Å². The van der Waals surface area contributed by atoms with Gasteiger partial charge in [0, 0.05) is 43.5 Å². The van der Waals surface area contributed by atoms with Gasteiger partial charge in [0.25, 0.3) is 5.91 Å². The lowest BCUT2D eigenvalue weighted by Crippen LogP contribution is -2.49. The van der Waals surface area contributed by atoms with Gasteiger partial charge in [-0.15, -0.1) is 0 Å². The first kappa shape index (κ1) is 23.4. The monoisotopic (exact) mass is 479 g/mol. The van der Waals surface area contributed by atoms with Crippen LogP contribution in [0.15, 0.2) is 91.3 Å². The second kappa shape index (κ2) is 10.9.